The highest BCUT2D eigenvalue weighted by Crippen LogP contribution is 2.26. The molecule has 0 aromatic rings. The summed E-state index contributed by atoms with van der Waals surface area (Å²) < 4.78 is 11.9. The second-order valence-corrected chi connectivity index (χ2v) is 10.6. The van der Waals surface area contributed by atoms with Crippen molar-refractivity contribution < 1.29 is 8.85 Å². The van der Waals surface area contributed by atoms with E-state index in [4.69, 9.17) is 19.9 Å². The first-order valence-electron chi connectivity index (χ1n) is 6.01. The molecule has 0 aliphatic rings. The van der Waals surface area contributed by atoms with Gasteiger partial charge in [-0.3, -0.25) is 4.98 Å². The van der Waals surface area contributed by atoms with E-state index in [2.05, 4.69) is 25.8 Å². The van der Waals surface area contributed by atoms with E-state index in [1.54, 1.807) is 0 Å². The molecular formula is C12H28ClNO2Si. The second-order valence-electron chi connectivity index (χ2n) is 7.34. The van der Waals surface area contributed by atoms with Crippen LogP contribution in [0, 0.1) is 0 Å². The Morgan fingerprint density at radius 1 is 0.765 bits per heavy atom. The van der Waals surface area contributed by atoms with Gasteiger partial charge in [0.25, 0.3) is 0 Å². The lowest BCUT2D eigenvalue weighted by molar-refractivity contribution is 0.0171. The minimum absolute atomic E-state index is 0.148. The van der Waals surface area contributed by atoms with Crippen LogP contribution < -0.4 is 4.98 Å². The molecule has 0 heterocycles. The summed E-state index contributed by atoms with van der Waals surface area (Å²) in [5.74, 6) is 0. The number of hydrogen-bond donors (Lipinski definition) is 1. The molecule has 0 rings (SSSR count). The molecule has 0 unspecified atom stereocenters. The quantitative estimate of drug-likeness (QED) is 0.632. The summed E-state index contributed by atoms with van der Waals surface area (Å²) in [5.41, 5.74) is -0.820. The molecule has 0 aliphatic carbocycles. The average molecular weight is 282 g/mol. The summed E-state index contributed by atoms with van der Waals surface area (Å²) in [6, 6.07) is 0. The molecule has 0 radical (unpaired) electrons. The Labute approximate surface area is 112 Å². The van der Waals surface area contributed by atoms with Crippen LogP contribution in [0.15, 0.2) is 0 Å². The van der Waals surface area contributed by atoms with E-state index in [1.165, 1.54) is 0 Å². The lowest BCUT2D eigenvalue weighted by Crippen LogP contribution is -2.63. The summed E-state index contributed by atoms with van der Waals surface area (Å²) in [6.07, 6.45) is 0. The van der Waals surface area contributed by atoms with Crippen molar-refractivity contribution in [2.75, 3.05) is 0 Å². The summed E-state index contributed by atoms with van der Waals surface area (Å²) >= 11 is 6.58. The molecule has 0 fully saturated rings. The van der Waals surface area contributed by atoms with Crippen molar-refractivity contribution in [3.8, 4) is 0 Å². The zero-order valence-electron chi connectivity index (χ0n) is 12.7. The van der Waals surface area contributed by atoms with E-state index < -0.39 is 8.03 Å². The molecule has 0 aromatic heterocycles. The van der Waals surface area contributed by atoms with Gasteiger partial charge in [0.05, 0.1) is 11.2 Å². The van der Waals surface area contributed by atoms with Crippen molar-refractivity contribution in [3.63, 3.8) is 0 Å². The van der Waals surface area contributed by atoms with E-state index in [1.807, 2.05) is 41.5 Å². The van der Waals surface area contributed by atoms with E-state index >= 15 is 0 Å². The monoisotopic (exact) mass is 281 g/mol. The molecule has 1 N–H and O–H groups in total. The Balaban J connectivity index is 4.95. The van der Waals surface area contributed by atoms with Crippen LogP contribution in [-0.2, 0) is 8.85 Å². The minimum Gasteiger partial charge on any atom is -0.366 e. The fraction of sp³-hybridized carbons (Fsp3) is 1.00. The maximum atomic E-state index is 6.58. The highest BCUT2D eigenvalue weighted by Gasteiger charge is 2.46. The van der Waals surface area contributed by atoms with Gasteiger partial charge in [0, 0.05) is 5.54 Å². The summed E-state index contributed by atoms with van der Waals surface area (Å²) in [5, 5.41) is 0. The highest BCUT2D eigenvalue weighted by molar-refractivity contribution is 7.11. The Morgan fingerprint density at radius 3 is 1.24 bits per heavy atom. The third-order valence-electron chi connectivity index (χ3n) is 1.40. The van der Waals surface area contributed by atoms with Crippen LogP contribution in [0.4, 0.5) is 0 Å². The molecular weight excluding hydrogens is 254 g/mol. The molecule has 0 aliphatic heterocycles. The fourth-order valence-corrected chi connectivity index (χ4v) is 6.16. The summed E-state index contributed by atoms with van der Waals surface area (Å²) in [4.78, 5) is 3.31. The van der Waals surface area contributed by atoms with E-state index in [-0.39, 0.29) is 16.7 Å². The molecule has 0 bridgehead atoms. The smallest absolute Gasteiger partial charge is 0.366 e. The van der Waals surface area contributed by atoms with Crippen molar-refractivity contribution >= 4 is 19.1 Å². The molecule has 104 valence electrons. The van der Waals surface area contributed by atoms with Crippen LogP contribution in [0.1, 0.15) is 62.3 Å². The predicted octanol–water partition coefficient (Wildman–Crippen LogP) is 3.68. The van der Waals surface area contributed by atoms with E-state index in [0.29, 0.717) is 0 Å². The van der Waals surface area contributed by atoms with Gasteiger partial charge < -0.3 is 8.85 Å². The molecule has 0 spiro atoms. The first kappa shape index (κ1) is 17.4. The van der Waals surface area contributed by atoms with Crippen molar-refractivity contribution in [3.05, 3.63) is 0 Å². The lowest BCUT2D eigenvalue weighted by atomic mass is 10.1. The van der Waals surface area contributed by atoms with Gasteiger partial charge in [-0.1, -0.05) is 11.1 Å². The summed E-state index contributed by atoms with van der Waals surface area (Å²) in [6.45, 7) is 18.0. The average Bonchev–Trinajstić information content (AvgIpc) is 1.65. The number of rotatable bonds is 3. The van der Waals surface area contributed by atoms with Crippen molar-refractivity contribution in [2.24, 2.45) is 0 Å². The first-order chi connectivity index (χ1) is 7.12. The van der Waals surface area contributed by atoms with Crippen LogP contribution in [0.3, 0.4) is 0 Å². The molecule has 17 heavy (non-hydrogen) atoms. The highest BCUT2D eigenvalue weighted by atomic mass is 35.6. The van der Waals surface area contributed by atoms with Crippen molar-refractivity contribution in [2.45, 2.75) is 79.1 Å². The standard InChI is InChI=1S/C12H28ClNO2Si/c1-10(2,3)14-17(13,15-11(4,5)6)16-12(7,8)9/h14H,1-9H3. The predicted molar refractivity (Wildman–Crippen MR) is 76.2 cm³/mol. The number of halogens is 1. The van der Waals surface area contributed by atoms with Crippen molar-refractivity contribution in [1.29, 1.82) is 0 Å². The fourth-order valence-electron chi connectivity index (χ4n) is 1.31. The third-order valence-corrected chi connectivity index (χ3v) is 4.94. The van der Waals surface area contributed by atoms with Gasteiger partial charge in [0.1, 0.15) is 0 Å². The molecule has 0 aromatic carbocycles. The molecule has 3 nitrogen and oxygen atoms in total. The molecule has 5 heteroatoms. The first-order valence-corrected chi connectivity index (χ1v) is 8.83. The normalized spacial score (nSPS) is 15.2. The Bertz CT molecular complexity index is 210. The maximum Gasteiger partial charge on any atom is 0.535 e. The maximum absolute atomic E-state index is 6.58. The molecule has 0 atom stereocenters. The van der Waals surface area contributed by atoms with E-state index in [9.17, 15) is 0 Å². The number of nitrogens with one attached hydrogen (secondary N) is 1. The molecule has 0 amide bonds. The Kier molecular flexibility index (Phi) is 5.29. The van der Waals surface area contributed by atoms with Gasteiger partial charge in [-0.05, 0) is 62.3 Å². The van der Waals surface area contributed by atoms with Gasteiger partial charge in [-0.15, -0.1) is 0 Å². The van der Waals surface area contributed by atoms with Gasteiger partial charge >= 0.3 is 8.03 Å². The number of hydrogen-bond acceptors (Lipinski definition) is 3. The summed E-state index contributed by atoms with van der Waals surface area (Å²) in [7, 11) is -2.93. The van der Waals surface area contributed by atoms with Crippen LogP contribution in [0.25, 0.3) is 0 Å². The van der Waals surface area contributed by atoms with Gasteiger partial charge in [0.15, 0.2) is 0 Å². The largest absolute Gasteiger partial charge is 0.535 e. The molecule has 0 saturated carbocycles. The minimum atomic E-state index is -2.93. The zero-order valence-corrected chi connectivity index (χ0v) is 14.5. The topological polar surface area (TPSA) is 30.5 Å². The van der Waals surface area contributed by atoms with Crippen LogP contribution in [0.5, 0.6) is 0 Å². The van der Waals surface area contributed by atoms with Crippen LogP contribution in [0.2, 0.25) is 0 Å². The SMILES string of the molecule is CC(C)(C)N[Si](Cl)(OC(C)(C)C)OC(C)(C)C. The zero-order chi connectivity index (χ0) is 14.1. The van der Waals surface area contributed by atoms with Crippen LogP contribution >= 0.6 is 11.1 Å². The van der Waals surface area contributed by atoms with Gasteiger partial charge in [-0.2, -0.15) is 0 Å². The Morgan fingerprint density at radius 2 is 1.06 bits per heavy atom. The third kappa shape index (κ3) is 10.0. The van der Waals surface area contributed by atoms with Gasteiger partial charge in [-0.25, -0.2) is 0 Å². The lowest BCUT2D eigenvalue weighted by Gasteiger charge is -2.39. The second kappa shape index (κ2) is 5.17. The molecule has 0 saturated heterocycles. The van der Waals surface area contributed by atoms with Crippen LogP contribution in [-0.4, -0.2) is 24.8 Å². The Hall–Kier alpha value is 0.387. The van der Waals surface area contributed by atoms with Gasteiger partial charge in [0.2, 0.25) is 0 Å². The van der Waals surface area contributed by atoms with E-state index in [0.717, 1.165) is 0 Å². The van der Waals surface area contributed by atoms with Crippen molar-refractivity contribution in [1.82, 2.24) is 4.98 Å².